The molecule has 80 valence electrons. The maximum atomic E-state index is 12.0. The Kier molecular flexibility index (Phi) is 3.66. The Morgan fingerprint density at radius 1 is 1.57 bits per heavy atom. The Hall–Kier alpha value is -0.420. The van der Waals surface area contributed by atoms with E-state index in [1.54, 1.807) is 11.4 Å². The highest BCUT2D eigenvalue weighted by Gasteiger charge is 2.30. The predicted octanol–water partition coefficient (Wildman–Crippen LogP) is 4.15. The van der Waals surface area contributed by atoms with E-state index in [9.17, 15) is 13.2 Å². The minimum absolute atomic E-state index is 0.485. The largest absolute Gasteiger partial charge is 0.391 e. The van der Waals surface area contributed by atoms with E-state index in [1.807, 2.05) is 0 Å². The van der Waals surface area contributed by atoms with Gasteiger partial charge in [0.05, 0.1) is 12.1 Å². The van der Waals surface area contributed by atoms with Crippen LogP contribution in [0.25, 0.3) is 0 Å². The second kappa shape index (κ2) is 4.40. The van der Waals surface area contributed by atoms with Gasteiger partial charge in [0.2, 0.25) is 0 Å². The molecule has 6 heteroatoms. The minimum atomic E-state index is -4.14. The van der Waals surface area contributed by atoms with Gasteiger partial charge in [-0.15, -0.1) is 11.3 Å². The zero-order valence-corrected chi connectivity index (χ0v) is 8.93. The molecular weight excluding hydrogens is 235 g/mol. The minimum Gasteiger partial charge on any atom is -0.380 e. The van der Waals surface area contributed by atoms with Crippen molar-refractivity contribution in [1.29, 1.82) is 0 Å². The average molecular weight is 244 g/mol. The summed E-state index contributed by atoms with van der Waals surface area (Å²) in [7, 11) is 0. The van der Waals surface area contributed by atoms with Gasteiger partial charge in [-0.3, -0.25) is 0 Å². The van der Waals surface area contributed by atoms with Gasteiger partial charge in [-0.1, -0.05) is 11.6 Å². The fourth-order valence-corrected chi connectivity index (χ4v) is 1.91. The van der Waals surface area contributed by atoms with E-state index in [1.165, 1.54) is 18.3 Å². The molecule has 14 heavy (non-hydrogen) atoms. The van der Waals surface area contributed by atoms with Crippen molar-refractivity contribution in [1.82, 2.24) is 0 Å². The van der Waals surface area contributed by atoms with Crippen molar-refractivity contribution in [3.8, 4) is 0 Å². The van der Waals surface area contributed by atoms with Crippen molar-refractivity contribution in [2.75, 3.05) is 5.32 Å². The number of rotatable bonds is 3. The summed E-state index contributed by atoms with van der Waals surface area (Å²) in [4.78, 5) is 0. The van der Waals surface area contributed by atoms with Crippen LogP contribution in [-0.4, -0.2) is 12.2 Å². The van der Waals surface area contributed by atoms with Crippen LogP contribution in [0.4, 0.5) is 18.9 Å². The van der Waals surface area contributed by atoms with E-state index in [4.69, 9.17) is 11.6 Å². The standard InChI is InChI=1S/C8H9ClF3NS/c1-5(4-8(10,11)12)13-6-2-3-14-7(6)9/h2-3,5,13H,4H2,1H3. The molecule has 1 nitrogen and oxygen atoms in total. The van der Waals surface area contributed by atoms with Gasteiger partial charge in [0.1, 0.15) is 4.34 Å². The number of nitrogens with one attached hydrogen (secondary N) is 1. The Morgan fingerprint density at radius 3 is 2.64 bits per heavy atom. The molecule has 0 spiro atoms. The molecule has 0 aliphatic heterocycles. The Labute approximate surface area is 88.9 Å². The molecule has 0 aromatic carbocycles. The first-order chi connectivity index (χ1) is 6.38. The molecule has 1 N–H and O–H groups in total. The molecule has 0 amide bonds. The molecule has 0 saturated heterocycles. The smallest absolute Gasteiger partial charge is 0.380 e. The highest BCUT2D eigenvalue weighted by atomic mass is 35.5. The first-order valence-electron chi connectivity index (χ1n) is 3.95. The lowest BCUT2D eigenvalue weighted by atomic mass is 10.2. The highest BCUT2D eigenvalue weighted by Crippen LogP contribution is 2.30. The third-order valence-electron chi connectivity index (χ3n) is 1.56. The van der Waals surface area contributed by atoms with Gasteiger partial charge in [-0.05, 0) is 18.4 Å². The fraction of sp³-hybridized carbons (Fsp3) is 0.500. The van der Waals surface area contributed by atoms with Crippen molar-refractivity contribution >= 4 is 28.6 Å². The van der Waals surface area contributed by atoms with Crippen LogP contribution in [0.5, 0.6) is 0 Å². The Balaban J connectivity index is 2.50. The second-order valence-corrected chi connectivity index (χ2v) is 4.49. The van der Waals surface area contributed by atoms with E-state index >= 15 is 0 Å². The molecule has 1 atom stereocenters. The number of hydrogen-bond acceptors (Lipinski definition) is 2. The zero-order chi connectivity index (χ0) is 10.8. The zero-order valence-electron chi connectivity index (χ0n) is 7.36. The van der Waals surface area contributed by atoms with Crippen LogP contribution >= 0.6 is 22.9 Å². The summed E-state index contributed by atoms with van der Waals surface area (Å²) in [5, 5.41) is 4.43. The first kappa shape index (κ1) is 11.7. The maximum absolute atomic E-state index is 12.0. The molecule has 0 bridgehead atoms. The molecule has 0 saturated carbocycles. The van der Waals surface area contributed by atoms with Crippen molar-refractivity contribution in [3.05, 3.63) is 15.8 Å². The van der Waals surface area contributed by atoms with Crippen LogP contribution in [-0.2, 0) is 0 Å². The number of thiophene rings is 1. The van der Waals surface area contributed by atoms with Gasteiger partial charge in [0.15, 0.2) is 0 Å². The molecular formula is C8H9ClF3NS. The van der Waals surface area contributed by atoms with Crippen LogP contribution in [0.3, 0.4) is 0 Å². The van der Waals surface area contributed by atoms with Crippen LogP contribution in [0.2, 0.25) is 4.34 Å². The summed E-state index contributed by atoms with van der Waals surface area (Å²) >= 11 is 7.02. The molecule has 0 radical (unpaired) electrons. The summed E-state index contributed by atoms with van der Waals surface area (Å²) in [5.74, 6) is 0. The number of hydrogen-bond donors (Lipinski definition) is 1. The number of halogens is 4. The van der Waals surface area contributed by atoms with Gasteiger partial charge >= 0.3 is 6.18 Å². The molecule has 1 rings (SSSR count). The van der Waals surface area contributed by atoms with E-state index < -0.39 is 18.6 Å². The third-order valence-corrected chi connectivity index (χ3v) is 2.73. The molecule has 1 unspecified atom stereocenters. The summed E-state index contributed by atoms with van der Waals surface area (Å²) in [6, 6.07) is 1.00. The monoisotopic (exact) mass is 243 g/mol. The van der Waals surface area contributed by atoms with Gasteiger partial charge in [-0.2, -0.15) is 13.2 Å². The quantitative estimate of drug-likeness (QED) is 0.841. The highest BCUT2D eigenvalue weighted by molar-refractivity contribution is 7.15. The van der Waals surface area contributed by atoms with E-state index in [2.05, 4.69) is 5.32 Å². The SMILES string of the molecule is CC(CC(F)(F)F)Nc1ccsc1Cl. The summed E-state index contributed by atoms with van der Waals surface area (Å²) < 4.78 is 36.4. The molecule has 0 fully saturated rings. The topological polar surface area (TPSA) is 12.0 Å². The van der Waals surface area contributed by atoms with Gasteiger partial charge in [-0.25, -0.2) is 0 Å². The summed E-state index contributed by atoms with van der Waals surface area (Å²) in [6.07, 6.45) is -5.01. The molecule has 0 aliphatic carbocycles. The first-order valence-corrected chi connectivity index (χ1v) is 5.20. The lowest BCUT2D eigenvalue weighted by Gasteiger charge is -2.16. The molecule has 1 aromatic rings. The number of anilines is 1. The van der Waals surface area contributed by atoms with Crippen molar-refractivity contribution < 1.29 is 13.2 Å². The van der Waals surface area contributed by atoms with Crippen molar-refractivity contribution in [2.45, 2.75) is 25.6 Å². The van der Waals surface area contributed by atoms with Gasteiger partial charge in [0, 0.05) is 6.04 Å². The van der Waals surface area contributed by atoms with Crippen LogP contribution in [0.1, 0.15) is 13.3 Å². The van der Waals surface area contributed by atoms with Crippen LogP contribution in [0.15, 0.2) is 11.4 Å². The van der Waals surface area contributed by atoms with Crippen LogP contribution in [0, 0.1) is 0 Å². The average Bonchev–Trinajstić information content (AvgIpc) is 2.32. The lowest BCUT2D eigenvalue weighted by molar-refractivity contribution is -0.136. The normalized spacial score (nSPS) is 14.1. The fourth-order valence-electron chi connectivity index (χ4n) is 1.06. The molecule has 0 aliphatic rings. The van der Waals surface area contributed by atoms with Crippen LogP contribution < -0.4 is 5.32 Å². The Morgan fingerprint density at radius 2 is 2.21 bits per heavy atom. The van der Waals surface area contributed by atoms with E-state index in [-0.39, 0.29) is 0 Å². The molecule has 1 heterocycles. The van der Waals surface area contributed by atoms with E-state index in [0.717, 1.165) is 0 Å². The Bertz CT molecular complexity index is 297. The number of alkyl halides is 3. The molecule has 1 aromatic heterocycles. The summed E-state index contributed by atoms with van der Waals surface area (Å²) in [6.45, 7) is 1.47. The van der Waals surface area contributed by atoms with Crippen molar-refractivity contribution in [3.63, 3.8) is 0 Å². The third kappa shape index (κ3) is 3.75. The summed E-state index contributed by atoms with van der Waals surface area (Å²) in [5.41, 5.74) is 0.563. The predicted molar refractivity (Wildman–Crippen MR) is 53.1 cm³/mol. The lowest BCUT2D eigenvalue weighted by Crippen LogP contribution is -2.23. The van der Waals surface area contributed by atoms with Gasteiger partial charge < -0.3 is 5.32 Å². The van der Waals surface area contributed by atoms with Gasteiger partial charge in [0.25, 0.3) is 0 Å². The van der Waals surface area contributed by atoms with Crippen molar-refractivity contribution in [2.24, 2.45) is 0 Å². The maximum Gasteiger partial charge on any atom is 0.391 e. The second-order valence-electron chi connectivity index (χ2n) is 2.97. The van der Waals surface area contributed by atoms with E-state index in [0.29, 0.717) is 10.0 Å².